The maximum absolute atomic E-state index is 11.6. The highest BCUT2D eigenvalue weighted by atomic mass is 16.5. The molecular formula is C13H21N3O4. The molecule has 112 valence electrons. The average molecular weight is 283 g/mol. The molecule has 0 aromatic carbocycles. The van der Waals surface area contributed by atoms with Crippen LogP contribution in [0.2, 0.25) is 0 Å². The summed E-state index contributed by atoms with van der Waals surface area (Å²) in [7, 11) is 0. The summed E-state index contributed by atoms with van der Waals surface area (Å²) in [6.45, 7) is 5.91. The van der Waals surface area contributed by atoms with Crippen LogP contribution in [0.1, 0.15) is 36.8 Å². The lowest BCUT2D eigenvalue weighted by atomic mass is 10.0. The largest absolute Gasteiger partial charge is 0.481 e. The van der Waals surface area contributed by atoms with Crippen LogP contribution in [-0.2, 0) is 11.3 Å². The molecule has 1 heterocycles. The third kappa shape index (κ3) is 4.56. The molecule has 0 bridgehead atoms. The molecule has 1 aromatic rings. The molecule has 0 spiro atoms. The van der Waals surface area contributed by atoms with Gasteiger partial charge in [0.25, 0.3) is 0 Å². The maximum atomic E-state index is 11.6. The van der Waals surface area contributed by atoms with Crippen molar-refractivity contribution in [3.8, 4) is 0 Å². The van der Waals surface area contributed by atoms with E-state index < -0.39 is 17.9 Å². The summed E-state index contributed by atoms with van der Waals surface area (Å²) >= 11 is 0. The van der Waals surface area contributed by atoms with Gasteiger partial charge in [-0.1, -0.05) is 18.5 Å². The first kappa shape index (κ1) is 16.0. The van der Waals surface area contributed by atoms with E-state index in [1.807, 2.05) is 6.92 Å². The van der Waals surface area contributed by atoms with Crippen LogP contribution in [0.3, 0.4) is 0 Å². The quantitative estimate of drug-likeness (QED) is 0.705. The van der Waals surface area contributed by atoms with E-state index in [0.717, 1.165) is 17.7 Å². The molecule has 7 nitrogen and oxygen atoms in total. The van der Waals surface area contributed by atoms with E-state index in [1.165, 1.54) is 0 Å². The van der Waals surface area contributed by atoms with Gasteiger partial charge in [0.1, 0.15) is 5.76 Å². The van der Waals surface area contributed by atoms with E-state index in [2.05, 4.69) is 15.8 Å². The molecule has 0 fully saturated rings. The van der Waals surface area contributed by atoms with Crippen LogP contribution >= 0.6 is 0 Å². The van der Waals surface area contributed by atoms with Gasteiger partial charge in [0.15, 0.2) is 0 Å². The molecule has 0 aliphatic carbocycles. The number of carbonyl (C=O) groups excluding carboxylic acids is 1. The summed E-state index contributed by atoms with van der Waals surface area (Å²) in [5.74, 6) is -0.778. The van der Waals surface area contributed by atoms with Crippen molar-refractivity contribution in [3.63, 3.8) is 0 Å². The lowest BCUT2D eigenvalue weighted by Gasteiger charge is -2.13. The minimum absolute atomic E-state index is 0.122. The van der Waals surface area contributed by atoms with Gasteiger partial charge in [0, 0.05) is 18.7 Å². The summed E-state index contributed by atoms with van der Waals surface area (Å²) < 4.78 is 4.99. The van der Waals surface area contributed by atoms with E-state index >= 15 is 0 Å². The van der Waals surface area contributed by atoms with Gasteiger partial charge >= 0.3 is 12.0 Å². The normalized spacial score (nSPS) is 11.9. The molecule has 0 aliphatic rings. The first-order valence-electron chi connectivity index (χ1n) is 6.62. The lowest BCUT2D eigenvalue weighted by Crippen LogP contribution is -2.39. The number of urea groups is 1. The van der Waals surface area contributed by atoms with Crippen molar-refractivity contribution in [2.45, 2.75) is 40.2 Å². The predicted molar refractivity (Wildman–Crippen MR) is 72.2 cm³/mol. The van der Waals surface area contributed by atoms with E-state index in [9.17, 15) is 9.59 Å². The number of aromatic nitrogens is 1. The predicted octanol–water partition coefficient (Wildman–Crippen LogP) is 1.59. The van der Waals surface area contributed by atoms with Crippen LogP contribution in [0.15, 0.2) is 4.52 Å². The molecule has 0 aliphatic heterocycles. The summed E-state index contributed by atoms with van der Waals surface area (Å²) in [6.07, 6.45) is 1.30. The third-order valence-electron chi connectivity index (χ3n) is 3.10. The van der Waals surface area contributed by atoms with Crippen molar-refractivity contribution in [2.24, 2.45) is 5.92 Å². The first-order valence-corrected chi connectivity index (χ1v) is 6.62. The summed E-state index contributed by atoms with van der Waals surface area (Å²) in [6, 6.07) is -0.396. The second-order valence-corrected chi connectivity index (χ2v) is 4.69. The van der Waals surface area contributed by atoms with Crippen LogP contribution in [0.5, 0.6) is 0 Å². The Labute approximate surface area is 117 Å². The maximum Gasteiger partial charge on any atom is 0.315 e. The van der Waals surface area contributed by atoms with Gasteiger partial charge in [-0.2, -0.15) is 0 Å². The Morgan fingerprint density at radius 3 is 2.55 bits per heavy atom. The van der Waals surface area contributed by atoms with Crippen LogP contribution in [0, 0.1) is 19.8 Å². The number of nitrogens with zero attached hydrogens (tertiary/aromatic N) is 1. The zero-order valence-electron chi connectivity index (χ0n) is 12.0. The molecule has 1 atom stereocenters. The zero-order chi connectivity index (χ0) is 15.1. The highest BCUT2D eigenvalue weighted by Crippen LogP contribution is 2.11. The Balaban J connectivity index is 2.39. The Kier molecular flexibility index (Phi) is 6.02. The number of hydrogen-bond acceptors (Lipinski definition) is 4. The van der Waals surface area contributed by atoms with Crippen molar-refractivity contribution in [1.82, 2.24) is 15.8 Å². The topological polar surface area (TPSA) is 104 Å². The smallest absolute Gasteiger partial charge is 0.315 e. The Morgan fingerprint density at radius 2 is 2.05 bits per heavy atom. The second kappa shape index (κ2) is 7.52. The van der Waals surface area contributed by atoms with Crippen molar-refractivity contribution >= 4 is 12.0 Å². The highest BCUT2D eigenvalue weighted by molar-refractivity contribution is 5.75. The highest BCUT2D eigenvalue weighted by Gasteiger charge is 2.17. The molecule has 0 saturated heterocycles. The van der Waals surface area contributed by atoms with Gasteiger partial charge in [-0.3, -0.25) is 4.79 Å². The number of rotatable bonds is 7. The Bertz CT molecular complexity index is 451. The molecule has 7 heteroatoms. The molecule has 0 radical (unpaired) electrons. The number of amides is 2. The second-order valence-electron chi connectivity index (χ2n) is 4.69. The molecule has 2 amide bonds. The van der Waals surface area contributed by atoms with Crippen LogP contribution in [0.25, 0.3) is 0 Å². The molecule has 1 unspecified atom stereocenters. The van der Waals surface area contributed by atoms with Gasteiger partial charge in [0.05, 0.1) is 11.6 Å². The molecule has 1 rings (SSSR count). The lowest BCUT2D eigenvalue weighted by molar-refractivity contribution is -0.141. The molecule has 1 aromatic heterocycles. The number of carboxylic acid groups (broad SMARTS) is 1. The van der Waals surface area contributed by atoms with Crippen LogP contribution in [-0.4, -0.2) is 28.8 Å². The zero-order valence-corrected chi connectivity index (χ0v) is 12.0. The third-order valence-corrected chi connectivity index (χ3v) is 3.10. The molecule has 3 N–H and O–H groups in total. The Morgan fingerprint density at radius 1 is 1.35 bits per heavy atom. The standard InChI is InChI=1S/C13H21N3O4/c1-4-5-10(12(17)18)6-14-13(19)15-7-11-8(2)16-20-9(11)3/h10H,4-7H2,1-3H3,(H,17,18)(H2,14,15,19). The van der Waals surface area contributed by atoms with Gasteiger partial charge in [0.2, 0.25) is 0 Å². The molecular weight excluding hydrogens is 262 g/mol. The van der Waals surface area contributed by atoms with Gasteiger partial charge in [-0.15, -0.1) is 0 Å². The fraction of sp³-hybridized carbons (Fsp3) is 0.615. The summed E-state index contributed by atoms with van der Waals surface area (Å²) in [4.78, 5) is 22.6. The van der Waals surface area contributed by atoms with Crippen molar-refractivity contribution < 1.29 is 19.2 Å². The number of carbonyl (C=O) groups is 2. The monoisotopic (exact) mass is 283 g/mol. The SMILES string of the molecule is CCCC(CNC(=O)NCc1c(C)noc1C)C(=O)O. The van der Waals surface area contributed by atoms with Gasteiger partial charge in [-0.25, -0.2) is 4.79 Å². The summed E-state index contributed by atoms with van der Waals surface area (Å²) in [5, 5.41) is 18.0. The minimum Gasteiger partial charge on any atom is -0.481 e. The fourth-order valence-corrected chi connectivity index (χ4v) is 1.86. The van der Waals surface area contributed by atoms with E-state index in [1.54, 1.807) is 13.8 Å². The number of aryl methyl sites for hydroxylation is 2. The Hall–Kier alpha value is -2.05. The molecule has 20 heavy (non-hydrogen) atoms. The van der Waals surface area contributed by atoms with Gasteiger partial charge < -0.3 is 20.3 Å². The van der Waals surface area contributed by atoms with Crippen molar-refractivity contribution in [2.75, 3.05) is 6.54 Å². The van der Waals surface area contributed by atoms with E-state index in [0.29, 0.717) is 18.7 Å². The number of nitrogens with one attached hydrogen (secondary N) is 2. The van der Waals surface area contributed by atoms with E-state index in [-0.39, 0.29) is 6.54 Å². The van der Waals surface area contributed by atoms with Crippen molar-refractivity contribution in [3.05, 3.63) is 17.0 Å². The average Bonchev–Trinajstić information content (AvgIpc) is 2.71. The van der Waals surface area contributed by atoms with Crippen LogP contribution in [0.4, 0.5) is 4.79 Å². The van der Waals surface area contributed by atoms with E-state index in [4.69, 9.17) is 9.63 Å². The number of aliphatic carboxylic acids is 1. The number of hydrogen-bond donors (Lipinski definition) is 3. The van der Waals surface area contributed by atoms with Crippen LogP contribution < -0.4 is 10.6 Å². The van der Waals surface area contributed by atoms with Crippen molar-refractivity contribution in [1.29, 1.82) is 0 Å². The number of carboxylic acids is 1. The van der Waals surface area contributed by atoms with Gasteiger partial charge in [-0.05, 0) is 20.3 Å². The first-order chi connectivity index (χ1) is 9.45. The summed E-state index contributed by atoms with van der Waals surface area (Å²) in [5.41, 5.74) is 1.57. The fourth-order valence-electron chi connectivity index (χ4n) is 1.86. The minimum atomic E-state index is -0.891. The molecule has 0 saturated carbocycles.